The largest absolute Gasteiger partial charge is 0.497 e. The van der Waals surface area contributed by atoms with Crippen LogP contribution in [0.4, 0.5) is 16.2 Å². The van der Waals surface area contributed by atoms with E-state index in [9.17, 15) is 4.79 Å². The van der Waals surface area contributed by atoms with E-state index in [1.807, 2.05) is 43.3 Å². The number of rotatable bonds is 7. The molecule has 6 heteroatoms. The number of benzene rings is 2. The monoisotopic (exact) mass is 383 g/mol. The summed E-state index contributed by atoms with van der Waals surface area (Å²) in [5, 5.41) is 2.98. The first kappa shape index (κ1) is 20.0. The van der Waals surface area contributed by atoms with Crippen LogP contribution in [-0.2, 0) is 11.3 Å². The molecule has 1 aliphatic rings. The normalized spacial score (nSPS) is 15.9. The first-order valence-electron chi connectivity index (χ1n) is 9.63. The van der Waals surface area contributed by atoms with Gasteiger partial charge in [-0.3, -0.25) is 0 Å². The van der Waals surface area contributed by atoms with E-state index in [2.05, 4.69) is 34.5 Å². The molecule has 0 radical (unpaired) electrons. The zero-order chi connectivity index (χ0) is 19.9. The quantitative estimate of drug-likeness (QED) is 0.786. The topological polar surface area (TPSA) is 54.0 Å². The molecule has 1 fully saturated rings. The molecule has 28 heavy (non-hydrogen) atoms. The van der Waals surface area contributed by atoms with Gasteiger partial charge in [-0.05, 0) is 42.7 Å². The molecule has 3 rings (SSSR count). The Kier molecular flexibility index (Phi) is 6.76. The summed E-state index contributed by atoms with van der Waals surface area (Å²) in [5.74, 6) is 0.711. The molecule has 2 aromatic rings. The van der Waals surface area contributed by atoms with Gasteiger partial charge in [0.1, 0.15) is 5.75 Å². The Labute approximate surface area is 167 Å². The molecule has 0 spiro atoms. The molecule has 0 saturated carbocycles. The van der Waals surface area contributed by atoms with Crippen molar-refractivity contribution in [3.8, 4) is 5.75 Å². The zero-order valence-electron chi connectivity index (χ0n) is 16.9. The van der Waals surface area contributed by atoms with Gasteiger partial charge in [-0.15, -0.1) is 0 Å². The van der Waals surface area contributed by atoms with Crippen LogP contribution in [0, 0.1) is 0 Å². The predicted molar refractivity (Wildman–Crippen MR) is 112 cm³/mol. The van der Waals surface area contributed by atoms with Crippen LogP contribution in [0.3, 0.4) is 0 Å². The summed E-state index contributed by atoms with van der Waals surface area (Å²) >= 11 is 0. The van der Waals surface area contributed by atoms with Gasteiger partial charge in [0.15, 0.2) is 0 Å². The second kappa shape index (κ2) is 9.46. The molecule has 6 nitrogen and oxygen atoms in total. The standard InChI is InChI=1S/C22H29N3O3/c1-24(2)19-11-9-17(10-12-19)15-25(16-21-8-5-13-28-21)22(26)23-18-6-4-7-20(14-18)27-3/h4,6-7,9-12,14,21H,5,8,13,15-16H2,1-3H3,(H,23,26)/t21-/m0/s1. The third-order valence-electron chi connectivity index (χ3n) is 4.88. The first-order chi connectivity index (χ1) is 13.5. The molecule has 0 aromatic heterocycles. The third kappa shape index (κ3) is 5.39. The van der Waals surface area contributed by atoms with E-state index >= 15 is 0 Å². The van der Waals surface area contributed by atoms with E-state index in [0.717, 1.165) is 30.7 Å². The summed E-state index contributed by atoms with van der Waals surface area (Å²) in [6, 6.07) is 15.5. The lowest BCUT2D eigenvalue weighted by Gasteiger charge is -2.26. The third-order valence-corrected chi connectivity index (χ3v) is 4.88. The maximum absolute atomic E-state index is 13.0. The molecule has 0 bridgehead atoms. The number of methoxy groups -OCH3 is 1. The molecule has 1 heterocycles. The van der Waals surface area contributed by atoms with Gasteiger partial charge in [-0.2, -0.15) is 0 Å². The van der Waals surface area contributed by atoms with Crippen LogP contribution in [0.25, 0.3) is 0 Å². The van der Waals surface area contributed by atoms with Gasteiger partial charge in [0.05, 0.1) is 13.2 Å². The average molecular weight is 383 g/mol. The van der Waals surface area contributed by atoms with E-state index in [1.165, 1.54) is 0 Å². The summed E-state index contributed by atoms with van der Waals surface area (Å²) in [6.45, 7) is 1.88. The van der Waals surface area contributed by atoms with Crippen molar-refractivity contribution in [2.75, 3.05) is 44.6 Å². The molecular formula is C22H29N3O3. The lowest BCUT2D eigenvalue weighted by atomic mass is 10.1. The highest BCUT2D eigenvalue weighted by atomic mass is 16.5. The van der Waals surface area contributed by atoms with Crippen LogP contribution in [0.5, 0.6) is 5.75 Å². The van der Waals surface area contributed by atoms with Gasteiger partial charge in [0, 0.05) is 51.2 Å². The summed E-state index contributed by atoms with van der Waals surface area (Å²) in [4.78, 5) is 16.9. The van der Waals surface area contributed by atoms with Gasteiger partial charge in [-0.1, -0.05) is 18.2 Å². The van der Waals surface area contributed by atoms with E-state index in [4.69, 9.17) is 9.47 Å². The molecule has 150 valence electrons. The summed E-state index contributed by atoms with van der Waals surface area (Å²) in [6.07, 6.45) is 2.13. The number of hydrogen-bond donors (Lipinski definition) is 1. The maximum atomic E-state index is 13.0. The van der Waals surface area contributed by atoms with Crippen molar-refractivity contribution in [3.05, 3.63) is 54.1 Å². The van der Waals surface area contributed by atoms with Crippen LogP contribution in [0.15, 0.2) is 48.5 Å². The fourth-order valence-electron chi connectivity index (χ4n) is 3.28. The molecule has 1 aliphatic heterocycles. The highest BCUT2D eigenvalue weighted by Gasteiger charge is 2.23. The number of amides is 2. The van der Waals surface area contributed by atoms with Gasteiger partial charge >= 0.3 is 6.03 Å². The van der Waals surface area contributed by atoms with Crippen molar-refractivity contribution < 1.29 is 14.3 Å². The van der Waals surface area contributed by atoms with Crippen LogP contribution >= 0.6 is 0 Å². The number of nitrogens with zero attached hydrogens (tertiary/aromatic N) is 2. The number of ether oxygens (including phenoxy) is 2. The highest BCUT2D eigenvalue weighted by molar-refractivity contribution is 5.89. The number of anilines is 2. The second-order valence-corrected chi connectivity index (χ2v) is 7.24. The Morgan fingerprint density at radius 3 is 2.64 bits per heavy atom. The van der Waals surface area contributed by atoms with Crippen LogP contribution in [0.1, 0.15) is 18.4 Å². The number of urea groups is 1. The molecule has 2 amide bonds. The molecule has 1 atom stereocenters. The van der Waals surface area contributed by atoms with Crippen molar-refractivity contribution in [2.45, 2.75) is 25.5 Å². The Morgan fingerprint density at radius 1 is 1.21 bits per heavy atom. The van der Waals surface area contributed by atoms with Crippen LogP contribution in [-0.4, -0.2) is 51.4 Å². The van der Waals surface area contributed by atoms with Crippen molar-refractivity contribution in [3.63, 3.8) is 0 Å². The number of nitrogens with one attached hydrogen (secondary N) is 1. The van der Waals surface area contributed by atoms with Gasteiger partial charge in [0.25, 0.3) is 0 Å². The fraction of sp³-hybridized carbons (Fsp3) is 0.409. The van der Waals surface area contributed by atoms with Crippen molar-refractivity contribution in [1.82, 2.24) is 4.90 Å². The van der Waals surface area contributed by atoms with Gasteiger partial charge in [0.2, 0.25) is 0 Å². The number of hydrogen-bond acceptors (Lipinski definition) is 4. The van der Waals surface area contributed by atoms with E-state index in [-0.39, 0.29) is 12.1 Å². The predicted octanol–water partition coefficient (Wildman–Crippen LogP) is 3.97. The molecule has 0 aliphatic carbocycles. The van der Waals surface area contributed by atoms with E-state index < -0.39 is 0 Å². The minimum absolute atomic E-state index is 0.0945. The van der Waals surface area contributed by atoms with E-state index in [0.29, 0.717) is 24.5 Å². The highest BCUT2D eigenvalue weighted by Crippen LogP contribution is 2.20. The Hall–Kier alpha value is -2.73. The SMILES string of the molecule is COc1cccc(NC(=O)N(Cc2ccc(N(C)C)cc2)C[C@@H]2CCCO2)c1. The molecular weight excluding hydrogens is 354 g/mol. The number of carbonyl (C=O) groups excluding carboxylic acids is 1. The van der Waals surface area contributed by atoms with E-state index in [1.54, 1.807) is 7.11 Å². The number of carbonyl (C=O) groups is 1. The average Bonchev–Trinajstić information content (AvgIpc) is 3.21. The minimum atomic E-state index is -0.138. The molecule has 2 aromatic carbocycles. The Balaban J connectivity index is 1.72. The maximum Gasteiger partial charge on any atom is 0.322 e. The van der Waals surface area contributed by atoms with Crippen molar-refractivity contribution in [2.24, 2.45) is 0 Å². The summed E-state index contributed by atoms with van der Waals surface area (Å²) in [5.41, 5.74) is 2.93. The lowest BCUT2D eigenvalue weighted by molar-refractivity contribution is 0.0819. The Morgan fingerprint density at radius 2 is 2.00 bits per heavy atom. The van der Waals surface area contributed by atoms with Crippen LogP contribution < -0.4 is 15.0 Å². The Bertz CT molecular complexity index is 771. The summed E-state index contributed by atoms with van der Waals surface area (Å²) < 4.78 is 11.0. The van der Waals surface area contributed by atoms with Gasteiger partial charge < -0.3 is 24.6 Å². The van der Waals surface area contributed by atoms with Crippen molar-refractivity contribution in [1.29, 1.82) is 0 Å². The first-order valence-corrected chi connectivity index (χ1v) is 9.63. The minimum Gasteiger partial charge on any atom is -0.497 e. The second-order valence-electron chi connectivity index (χ2n) is 7.24. The smallest absolute Gasteiger partial charge is 0.322 e. The summed E-state index contributed by atoms with van der Waals surface area (Å²) in [7, 11) is 5.64. The van der Waals surface area contributed by atoms with Crippen LogP contribution in [0.2, 0.25) is 0 Å². The van der Waals surface area contributed by atoms with Gasteiger partial charge in [-0.25, -0.2) is 4.79 Å². The zero-order valence-corrected chi connectivity index (χ0v) is 16.9. The fourth-order valence-corrected chi connectivity index (χ4v) is 3.28. The molecule has 0 unspecified atom stereocenters. The lowest BCUT2D eigenvalue weighted by Crippen LogP contribution is -2.39. The molecule has 1 saturated heterocycles. The molecule has 1 N–H and O–H groups in total. The van der Waals surface area contributed by atoms with Crippen molar-refractivity contribution >= 4 is 17.4 Å².